The summed E-state index contributed by atoms with van der Waals surface area (Å²) in [5.74, 6) is 0.674. The van der Waals surface area contributed by atoms with Gasteiger partial charge < -0.3 is 14.8 Å². The summed E-state index contributed by atoms with van der Waals surface area (Å²) in [7, 11) is 3.07. The van der Waals surface area contributed by atoms with E-state index >= 15 is 0 Å². The van der Waals surface area contributed by atoms with Crippen LogP contribution >= 0.6 is 0 Å². The lowest BCUT2D eigenvalue weighted by Crippen LogP contribution is -2.13. The highest BCUT2D eigenvalue weighted by molar-refractivity contribution is 6.09. The molecule has 5 heteroatoms. The highest BCUT2D eigenvalue weighted by Gasteiger charge is 2.11. The number of rotatable bonds is 5. The summed E-state index contributed by atoms with van der Waals surface area (Å²) in [5, 5.41) is 12.0. The molecular formula is C18H16N2O3. The van der Waals surface area contributed by atoms with E-state index in [4.69, 9.17) is 9.47 Å². The zero-order chi connectivity index (χ0) is 16.7. The van der Waals surface area contributed by atoms with Crippen molar-refractivity contribution in [3.05, 3.63) is 59.7 Å². The smallest absolute Gasteiger partial charge is 0.266 e. The minimum atomic E-state index is -0.483. The largest absolute Gasteiger partial charge is 0.497 e. The Labute approximate surface area is 134 Å². The van der Waals surface area contributed by atoms with Gasteiger partial charge in [-0.25, -0.2) is 0 Å². The lowest BCUT2D eigenvalue weighted by molar-refractivity contribution is -0.112. The van der Waals surface area contributed by atoms with Gasteiger partial charge >= 0.3 is 0 Å². The minimum absolute atomic E-state index is 0.0274. The average molecular weight is 308 g/mol. The van der Waals surface area contributed by atoms with E-state index in [1.807, 2.05) is 12.1 Å². The summed E-state index contributed by atoms with van der Waals surface area (Å²) in [6, 6.07) is 16.0. The second kappa shape index (κ2) is 7.66. The Hall–Kier alpha value is -3.26. The summed E-state index contributed by atoms with van der Waals surface area (Å²) in [5.41, 5.74) is 1.18. The standard InChI is InChI=1S/C18H16N2O3/c1-22-16-8-9-17(23-2)13(11-16)10-14(12-19)18(21)20-15-6-4-3-5-7-15/h3-11H,1-2H3,(H,20,21)/b14-10-. The van der Waals surface area contributed by atoms with Gasteiger partial charge in [-0.05, 0) is 36.4 Å². The molecule has 0 aliphatic carbocycles. The summed E-state index contributed by atoms with van der Waals surface area (Å²) >= 11 is 0. The fourth-order valence-corrected chi connectivity index (χ4v) is 1.98. The van der Waals surface area contributed by atoms with Crippen LogP contribution in [0.15, 0.2) is 54.1 Å². The maximum atomic E-state index is 12.2. The van der Waals surface area contributed by atoms with Crippen molar-refractivity contribution >= 4 is 17.7 Å². The van der Waals surface area contributed by atoms with Crippen molar-refractivity contribution in [3.63, 3.8) is 0 Å². The van der Waals surface area contributed by atoms with E-state index in [2.05, 4.69) is 5.32 Å². The molecule has 2 rings (SSSR count). The van der Waals surface area contributed by atoms with E-state index in [-0.39, 0.29) is 5.57 Å². The van der Waals surface area contributed by atoms with Crippen molar-refractivity contribution in [3.8, 4) is 17.6 Å². The van der Waals surface area contributed by atoms with Crippen LogP contribution in [-0.4, -0.2) is 20.1 Å². The molecule has 0 fully saturated rings. The number of carbonyl (C=O) groups excluding carboxylic acids is 1. The van der Waals surface area contributed by atoms with Crippen LogP contribution in [0.2, 0.25) is 0 Å². The van der Waals surface area contributed by atoms with Gasteiger partial charge in [0.1, 0.15) is 23.1 Å². The first kappa shape index (κ1) is 16.1. The monoisotopic (exact) mass is 308 g/mol. The van der Waals surface area contributed by atoms with Gasteiger partial charge in [-0.3, -0.25) is 4.79 Å². The summed E-state index contributed by atoms with van der Waals surface area (Å²) < 4.78 is 10.4. The average Bonchev–Trinajstić information content (AvgIpc) is 2.60. The Bertz CT molecular complexity index is 762. The van der Waals surface area contributed by atoms with Gasteiger partial charge in [0.05, 0.1) is 14.2 Å². The third-order valence-corrected chi connectivity index (χ3v) is 3.13. The molecule has 0 heterocycles. The Morgan fingerprint density at radius 3 is 2.48 bits per heavy atom. The van der Waals surface area contributed by atoms with Gasteiger partial charge in [-0.1, -0.05) is 18.2 Å². The zero-order valence-corrected chi connectivity index (χ0v) is 12.9. The van der Waals surface area contributed by atoms with Crippen LogP contribution in [0.1, 0.15) is 5.56 Å². The van der Waals surface area contributed by atoms with Gasteiger partial charge in [-0.2, -0.15) is 5.26 Å². The summed E-state index contributed by atoms with van der Waals surface area (Å²) in [6.45, 7) is 0. The van der Waals surface area contributed by atoms with E-state index in [9.17, 15) is 10.1 Å². The van der Waals surface area contributed by atoms with Crippen LogP contribution in [0.5, 0.6) is 11.5 Å². The topological polar surface area (TPSA) is 71.3 Å². The second-order valence-corrected chi connectivity index (χ2v) is 4.60. The van der Waals surface area contributed by atoms with Crippen LogP contribution in [0.4, 0.5) is 5.69 Å². The molecule has 2 aromatic carbocycles. The molecule has 0 saturated heterocycles. The van der Waals surface area contributed by atoms with Crippen molar-refractivity contribution in [1.82, 2.24) is 0 Å². The number of ether oxygens (including phenoxy) is 2. The lowest BCUT2D eigenvalue weighted by atomic mass is 10.1. The lowest BCUT2D eigenvalue weighted by Gasteiger charge is -2.08. The number of methoxy groups -OCH3 is 2. The molecule has 0 radical (unpaired) electrons. The van der Waals surface area contributed by atoms with Crippen molar-refractivity contribution < 1.29 is 14.3 Å². The van der Waals surface area contributed by atoms with Crippen LogP contribution in [0.25, 0.3) is 6.08 Å². The Morgan fingerprint density at radius 2 is 1.87 bits per heavy atom. The number of anilines is 1. The first-order valence-electron chi connectivity index (χ1n) is 6.88. The molecule has 0 aliphatic heterocycles. The molecule has 0 atom stereocenters. The molecule has 0 aliphatic rings. The molecule has 0 spiro atoms. The molecule has 0 unspecified atom stereocenters. The predicted molar refractivity (Wildman–Crippen MR) is 88.2 cm³/mol. The molecule has 5 nitrogen and oxygen atoms in total. The number of amides is 1. The number of nitrogens with zero attached hydrogens (tertiary/aromatic N) is 1. The summed E-state index contributed by atoms with van der Waals surface area (Å²) in [4.78, 5) is 12.2. The van der Waals surface area contributed by atoms with Gasteiger partial charge in [0.25, 0.3) is 5.91 Å². The number of carbonyl (C=O) groups is 1. The molecule has 1 N–H and O–H groups in total. The highest BCUT2D eigenvalue weighted by Crippen LogP contribution is 2.26. The van der Waals surface area contributed by atoms with Crippen molar-refractivity contribution in [2.24, 2.45) is 0 Å². The van der Waals surface area contributed by atoms with Gasteiger partial charge in [0.15, 0.2) is 0 Å². The third-order valence-electron chi connectivity index (χ3n) is 3.13. The molecular weight excluding hydrogens is 292 g/mol. The maximum absolute atomic E-state index is 12.2. The first-order chi connectivity index (χ1) is 11.2. The number of hydrogen-bond acceptors (Lipinski definition) is 4. The molecule has 116 valence electrons. The number of nitriles is 1. The molecule has 0 aromatic heterocycles. The number of para-hydroxylation sites is 1. The Kier molecular flexibility index (Phi) is 5.37. The van der Waals surface area contributed by atoms with E-state index in [0.717, 1.165) is 0 Å². The highest BCUT2D eigenvalue weighted by atomic mass is 16.5. The van der Waals surface area contributed by atoms with Gasteiger partial charge in [0, 0.05) is 11.3 Å². The second-order valence-electron chi connectivity index (χ2n) is 4.60. The zero-order valence-electron chi connectivity index (χ0n) is 12.9. The van der Waals surface area contributed by atoms with E-state index < -0.39 is 5.91 Å². The fraction of sp³-hybridized carbons (Fsp3) is 0.111. The number of hydrogen-bond donors (Lipinski definition) is 1. The van der Waals surface area contributed by atoms with Crippen LogP contribution in [-0.2, 0) is 4.79 Å². The summed E-state index contributed by atoms with van der Waals surface area (Å²) in [6.07, 6.45) is 1.47. The van der Waals surface area contributed by atoms with E-state index in [1.165, 1.54) is 13.2 Å². The number of benzene rings is 2. The van der Waals surface area contributed by atoms with E-state index in [1.54, 1.807) is 49.6 Å². The van der Waals surface area contributed by atoms with Gasteiger partial charge in [0.2, 0.25) is 0 Å². The van der Waals surface area contributed by atoms with Crippen LogP contribution in [0, 0.1) is 11.3 Å². The predicted octanol–water partition coefficient (Wildman–Crippen LogP) is 3.25. The Morgan fingerprint density at radius 1 is 1.13 bits per heavy atom. The molecule has 23 heavy (non-hydrogen) atoms. The molecule has 0 bridgehead atoms. The normalized spacial score (nSPS) is 10.6. The molecule has 1 amide bonds. The van der Waals surface area contributed by atoms with Crippen molar-refractivity contribution in [1.29, 1.82) is 5.26 Å². The quantitative estimate of drug-likeness (QED) is 0.680. The van der Waals surface area contributed by atoms with Crippen LogP contribution < -0.4 is 14.8 Å². The minimum Gasteiger partial charge on any atom is -0.497 e. The van der Waals surface area contributed by atoms with Gasteiger partial charge in [-0.15, -0.1) is 0 Å². The Balaban J connectivity index is 2.31. The van der Waals surface area contributed by atoms with Crippen molar-refractivity contribution in [2.75, 3.05) is 19.5 Å². The fourth-order valence-electron chi connectivity index (χ4n) is 1.98. The van der Waals surface area contributed by atoms with Crippen molar-refractivity contribution in [2.45, 2.75) is 0 Å². The number of nitrogens with one attached hydrogen (secondary N) is 1. The third kappa shape index (κ3) is 4.11. The SMILES string of the molecule is COc1ccc(OC)c(/C=C(/C#N)C(=O)Nc2ccccc2)c1. The van der Waals surface area contributed by atoms with Crippen LogP contribution in [0.3, 0.4) is 0 Å². The first-order valence-corrected chi connectivity index (χ1v) is 6.88. The molecule has 2 aromatic rings. The maximum Gasteiger partial charge on any atom is 0.266 e. The molecule has 0 saturated carbocycles. The van der Waals surface area contributed by atoms with E-state index in [0.29, 0.717) is 22.7 Å².